The van der Waals surface area contributed by atoms with Gasteiger partial charge in [0.15, 0.2) is 5.82 Å². The lowest BCUT2D eigenvalue weighted by atomic mass is 10.00. The number of fused-ring (bicyclic) bond motifs is 1. The normalized spacial score (nSPS) is 12.7. The summed E-state index contributed by atoms with van der Waals surface area (Å²) >= 11 is 1.29. The molecule has 0 fully saturated rings. The van der Waals surface area contributed by atoms with Crippen molar-refractivity contribution in [3.63, 3.8) is 0 Å². The first-order valence-corrected chi connectivity index (χ1v) is 10.9. The second kappa shape index (κ2) is 9.61. The number of nitrogens with one attached hydrogen (secondary N) is 1. The van der Waals surface area contributed by atoms with Crippen LogP contribution in [0.25, 0.3) is 0 Å². The van der Waals surface area contributed by atoms with Crippen molar-refractivity contribution < 1.29 is 14.3 Å². The number of methoxy groups -OCH3 is 1. The van der Waals surface area contributed by atoms with Gasteiger partial charge in [-0.1, -0.05) is 48.2 Å². The summed E-state index contributed by atoms with van der Waals surface area (Å²) in [6, 6.07) is 19.0. The lowest BCUT2D eigenvalue weighted by Crippen LogP contribution is -2.31. The van der Waals surface area contributed by atoms with E-state index in [1.807, 2.05) is 12.1 Å². The maximum absolute atomic E-state index is 12.3. The summed E-state index contributed by atoms with van der Waals surface area (Å²) in [7, 11) is 1.31. The Hall–Kier alpha value is -3.39. The van der Waals surface area contributed by atoms with Crippen LogP contribution >= 0.6 is 11.8 Å². The quantitative estimate of drug-likeness (QED) is 0.469. The highest BCUT2D eigenvalue weighted by molar-refractivity contribution is 7.99. The molecule has 158 valence electrons. The Morgan fingerprint density at radius 2 is 1.81 bits per heavy atom. The van der Waals surface area contributed by atoms with Gasteiger partial charge in [0.05, 0.1) is 24.1 Å². The average Bonchev–Trinajstić information content (AvgIpc) is 2.82. The molecule has 0 radical (unpaired) electrons. The maximum atomic E-state index is 12.3. The molecule has 1 N–H and O–H groups in total. The number of anilines is 2. The first kappa shape index (κ1) is 20.9. The van der Waals surface area contributed by atoms with Crippen LogP contribution in [-0.4, -0.2) is 41.5 Å². The van der Waals surface area contributed by atoms with E-state index >= 15 is 0 Å². The molecule has 0 saturated carbocycles. The molecule has 31 heavy (non-hydrogen) atoms. The summed E-state index contributed by atoms with van der Waals surface area (Å²) < 4.78 is 4.75. The molecule has 0 unspecified atom stereocenters. The SMILES string of the molecule is COC(=O)c1ccccc1NC(=O)CSc1ccc(N2CCc3ccccc3C2)nn1. The predicted molar refractivity (Wildman–Crippen MR) is 120 cm³/mol. The largest absolute Gasteiger partial charge is 0.465 e. The molecule has 2 aromatic carbocycles. The first-order chi connectivity index (χ1) is 15.1. The van der Waals surface area contributed by atoms with Crippen molar-refractivity contribution in [2.75, 3.05) is 29.6 Å². The molecule has 7 nitrogen and oxygen atoms in total. The Bertz CT molecular complexity index is 1090. The molecule has 2 heterocycles. The van der Waals surface area contributed by atoms with Crippen LogP contribution < -0.4 is 10.2 Å². The summed E-state index contributed by atoms with van der Waals surface area (Å²) in [5, 5.41) is 12.0. The number of rotatable bonds is 6. The van der Waals surface area contributed by atoms with Crippen LogP contribution in [0.15, 0.2) is 65.7 Å². The molecular formula is C23H22N4O3S. The van der Waals surface area contributed by atoms with E-state index in [0.717, 1.165) is 25.3 Å². The zero-order valence-electron chi connectivity index (χ0n) is 17.1. The zero-order chi connectivity index (χ0) is 21.6. The number of carbonyl (C=O) groups excluding carboxylic acids is 2. The number of esters is 1. The summed E-state index contributed by atoms with van der Waals surface area (Å²) in [5.74, 6) is 0.251. The van der Waals surface area contributed by atoms with Crippen molar-refractivity contribution in [1.29, 1.82) is 0 Å². The Balaban J connectivity index is 1.33. The molecule has 3 aromatic rings. The van der Waals surface area contributed by atoms with E-state index in [4.69, 9.17) is 4.74 Å². The molecular weight excluding hydrogens is 412 g/mol. The van der Waals surface area contributed by atoms with Crippen molar-refractivity contribution >= 4 is 35.1 Å². The van der Waals surface area contributed by atoms with E-state index in [0.29, 0.717) is 16.3 Å². The number of nitrogens with zero attached hydrogens (tertiary/aromatic N) is 3. The number of para-hydroxylation sites is 1. The monoisotopic (exact) mass is 434 g/mol. The number of benzene rings is 2. The lowest BCUT2D eigenvalue weighted by molar-refractivity contribution is -0.113. The van der Waals surface area contributed by atoms with Gasteiger partial charge in [-0.25, -0.2) is 4.79 Å². The van der Waals surface area contributed by atoms with Crippen LogP contribution in [0.1, 0.15) is 21.5 Å². The van der Waals surface area contributed by atoms with Crippen molar-refractivity contribution in [3.8, 4) is 0 Å². The molecule has 1 aromatic heterocycles. The van der Waals surface area contributed by atoms with Gasteiger partial charge in [-0.2, -0.15) is 0 Å². The number of aromatic nitrogens is 2. The van der Waals surface area contributed by atoms with Gasteiger partial charge < -0.3 is 15.0 Å². The predicted octanol–water partition coefficient (Wildman–Crippen LogP) is 3.56. The number of hydrogen-bond donors (Lipinski definition) is 1. The number of thioether (sulfide) groups is 1. The van der Waals surface area contributed by atoms with E-state index in [-0.39, 0.29) is 11.7 Å². The van der Waals surface area contributed by atoms with Crippen molar-refractivity contribution in [2.24, 2.45) is 0 Å². The molecule has 4 rings (SSSR count). The second-order valence-corrected chi connectivity index (χ2v) is 8.04. The van der Waals surface area contributed by atoms with Gasteiger partial charge in [0.25, 0.3) is 0 Å². The highest BCUT2D eigenvalue weighted by atomic mass is 32.2. The number of ether oxygens (including phenoxy) is 1. The van der Waals surface area contributed by atoms with E-state index in [9.17, 15) is 9.59 Å². The van der Waals surface area contributed by atoms with E-state index in [2.05, 4.69) is 44.7 Å². The van der Waals surface area contributed by atoms with Crippen LogP contribution in [0.3, 0.4) is 0 Å². The molecule has 0 spiro atoms. The Kier molecular flexibility index (Phi) is 6.47. The summed E-state index contributed by atoms with van der Waals surface area (Å²) in [5.41, 5.74) is 3.44. The van der Waals surface area contributed by atoms with Gasteiger partial charge in [-0.3, -0.25) is 4.79 Å². The minimum absolute atomic E-state index is 0.153. The number of carbonyl (C=O) groups is 2. The topological polar surface area (TPSA) is 84.4 Å². The van der Waals surface area contributed by atoms with Crippen LogP contribution in [-0.2, 0) is 22.5 Å². The maximum Gasteiger partial charge on any atom is 0.339 e. The van der Waals surface area contributed by atoms with Crippen LogP contribution in [0, 0.1) is 0 Å². The van der Waals surface area contributed by atoms with Gasteiger partial charge in [-0.05, 0) is 41.8 Å². The molecule has 8 heteroatoms. The van der Waals surface area contributed by atoms with Crippen molar-refractivity contribution in [2.45, 2.75) is 18.0 Å². The minimum atomic E-state index is -0.495. The Morgan fingerprint density at radius 3 is 2.58 bits per heavy atom. The van der Waals surface area contributed by atoms with Gasteiger partial charge >= 0.3 is 5.97 Å². The minimum Gasteiger partial charge on any atom is -0.465 e. The zero-order valence-corrected chi connectivity index (χ0v) is 17.9. The van der Waals surface area contributed by atoms with Gasteiger partial charge in [0.1, 0.15) is 5.03 Å². The molecule has 1 amide bonds. The van der Waals surface area contributed by atoms with Gasteiger partial charge in [0, 0.05) is 13.1 Å². The molecule has 1 aliphatic heterocycles. The van der Waals surface area contributed by atoms with E-state index < -0.39 is 5.97 Å². The van der Waals surface area contributed by atoms with Crippen LogP contribution in [0.4, 0.5) is 11.5 Å². The smallest absolute Gasteiger partial charge is 0.339 e. The fraction of sp³-hybridized carbons (Fsp3) is 0.217. The third-order valence-corrected chi connectivity index (χ3v) is 5.96. The fourth-order valence-corrected chi connectivity index (χ4v) is 4.07. The molecule has 0 aliphatic carbocycles. The number of amides is 1. The third kappa shape index (κ3) is 5.03. The van der Waals surface area contributed by atoms with Gasteiger partial charge in [-0.15, -0.1) is 10.2 Å². The third-order valence-electron chi connectivity index (χ3n) is 5.04. The first-order valence-electron chi connectivity index (χ1n) is 9.89. The summed E-state index contributed by atoms with van der Waals surface area (Å²) in [4.78, 5) is 26.4. The van der Waals surface area contributed by atoms with E-state index in [1.165, 1.54) is 30.0 Å². The Morgan fingerprint density at radius 1 is 1.03 bits per heavy atom. The molecule has 0 atom stereocenters. The highest BCUT2D eigenvalue weighted by Crippen LogP contribution is 2.24. The standard InChI is InChI=1S/C23H22N4O3S/c1-30-23(29)18-8-4-5-9-19(18)24-21(28)15-31-22-11-10-20(25-26-22)27-13-12-16-6-2-3-7-17(16)14-27/h2-11H,12-15H2,1H3,(H,24,28). The average molecular weight is 435 g/mol. The van der Waals surface area contributed by atoms with Crippen LogP contribution in [0.5, 0.6) is 0 Å². The second-order valence-electron chi connectivity index (χ2n) is 7.04. The molecule has 0 bridgehead atoms. The lowest BCUT2D eigenvalue weighted by Gasteiger charge is -2.29. The van der Waals surface area contributed by atoms with Gasteiger partial charge in [0.2, 0.25) is 5.91 Å². The molecule has 1 aliphatic rings. The summed E-state index contributed by atoms with van der Waals surface area (Å²) in [6.07, 6.45) is 0.988. The molecule has 0 saturated heterocycles. The highest BCUT2D eigenvalue weighted by Gasteiger charge is 2.18. The summed E-state index contributed by atoms with van der Waals surface area (Å²) in [6.45, 7) is 1.72. The fourth-order valence-electron chi connectivity index (χ4n) is 3.46. The number of hydrogen-bond acceptors (Lipinski definition) is 7. The van der Waals surface area contributed by atoms with Crippen molar-refractivity contribution in [3.05, 3.63) is 77.4 Å². The Labute approximate surface area is 184 Å². The van der Waals surface area contributed by atoms with Crippen molar-refractivity contribution in [1.82, 2.24) is 10.2 Å². The van der Waals surface area contributed by atoms with Crippen LogP contribution in [0.2, 0.25) is 0 Å². The van der Waals surface area contributed by atoms with E-state index in [1.54, 1.807) is 24.3 Å².